The van der Waals surface area contributed by atoms with Gasteiger partial charge in [0.1, 0.15) is 17.8 Å². The SMILES string of the molecule is Br.NCP(=O)(Oc1ccccc1)Oc1ccccc1. The van der Waals surface area contributed by atoms with Gasteiger partial charge in [0.05, 0.1) is 0 Å². The predicted octanol–water partition coefficient (Wildman–Crippen LogP) is 3.83. The zero-order valence-electron chi connectivity index (χ0n) is 10.1. The van der Waals surface area contributed by atoms with Crippen LogP contribution in [0, 0.1) is 0 Å². The second-order valence-corrected chi connectivity index (χ2v) is 5.55. The van der Waals surface area contributed by atoms with Gasteiger partial charge in [-0.3, -0.25) is 0 Å². The van der Waals surface area contributed by atoms with E-state index >= 15 is 0 Å². The van der Waals surface area contributed by atoms with Crippen LogP contribution < -0.4 is 14.8 Å². The Labute approximate surface area is 122 Å². The molecule has 102 valence electrons. The molecule has 6 heteroatoms. The average Bonchev–Trinajstić information content (AvgIpc) is 2.41. The maximum Gasteiger partial charge on any atom is 0.444 e. The molecule has 4 nitrogen and oxygen atoms in total. The Morgan fingerprint density at radius 2 is 1.21 bits per heavy atom. The van der Waals surface area contributed by atoms with Crippen LogP contribution in [0.2, 0.25) is 0 Å². The minimum atomic E-state index is -3.37. The summed E-state index contributed by atoms with van der Waals surface area (Å²) in [5.74, 6) is 0.949. The molecule has 0 saturated heterocycles. The van der Waals surface area contributed by atoms with E-state index in [2.05, 4.69) is 0 Å². The Morgan fingerprint density at radius 1 is 0.842 bits per heavy atom. The van der Waals surface area contributed by atoms with Gasteiger partial charge >= 0.3 is 7.60 Å². The number of halogens is 1. The van der Waals surface area contributed by atoms with Gasteiger partial charge in [-0.2, -0.15) is 0 Å². The predicted molar refractivity (Wildman–Crippen MR) is 81.1 cm³/mol. The quantitative estimate of drug-likeness (QED) is 0.838. The number of para-hydroxylation sites is 2. The summed E-state index contributed by atoms with van der Waals surface area (Å²) in [7, 11) is -3.37. The van der Waals surface area contributed by atoms with Crippen molar-refractivity contribution in [3.63, 3.8) is 0 Å². The van der Waals surface area contributed by atoms with Gasteiger partial charge in [0.2, 0.25) is 0 Å². The Balaban J connectivity index is 0.00000180. The van der Waals surface area contributed by atoms with E-state index < -0.39 is 7.60 Å². The van der Waals surface area contributed by atoms with Crippen LogP contribution in [0.4, 0.5) is 0 Å². The molecule has 0 spiro atoms. The average molecular weight is 344 g/mol. The van der Waals surface area contributed by atoms with Gasteiger partial charge in [0, 0.05) is 0 Å². The van der Waals surface area contributed by atoms with E-state index in [0.29, 0.717) is 11.5 Å². The van der Waals surface area contributed by atoms with E-state index in [4.69, 9.17) is 14.8 Å². The maximum absolute atomic E-state index is 12.4. The third kappa shape index (κ3) is 4.71. The van der Waals surface area contributed by atoms with Crippen LogP contribution in [-0.4, -0.2) is 6.29 Å². The van der Waals surface area contributed by atoms with Crippen molar-refractivity contribution >= 4 is 24.6 Å². The third-order valence-electron chi connectivity index (χ3n) is 2.20. The molecular weight excluding hydrogens is 329 g/mol. The van der Waals surface area contributed by atoms with Crippen molar-refractivity contribution in [1.29, 1.82) is 0 Å². The molecule has 0 aromatic heterocycles. The monoisotopic (exact) mass is 343 g/mol. The fourth-order valence-corrected chi connectivity index (χ4v) is 2.45. The van der Waals surface area contributed by atoms with E-state index in [-0.39, 0.29) is 23.3 Å². The van der Waals surface area contributed by atoms with Gasteiger partial charge in [0.15, 0.2) is 0 Å². The molecule has 0 amide bonds. The summed E-state index contributed by atoms with van der Waals surface area (Å²) < 4.78 is 23.1. The molecule has 0 saturated carbocycles. The van der Waals surface area contributed by atoms with Crippen LogP contribution >= 0.6 is 24.6 Å². The first kappa shape index (κ1) is 15.8. The van der Waals surface area contributed by atoms with Crippen molar-refractivity contribution in [3.8, 4) is 11.5 Å². The van der Waals surface area contributed by atoms with Gasteiger partial charge in [-0.1, -0.05) is 36.4 Å². The molecule has 0 heterocycles. The first-order valence-electron chi connectivity index (χ1n) is 5.50. The fourth-order valence-electron chi connectivity index (χ4n) is 1.38. The van der Waals surface area contributed by atoms with E-state index in [9.17, 15) is 4.57 Å². The van der Waals surface area contributed by atoms with E-state index in [0.717, 1.165) is 0 Å². The van der Waals surface area contributed by atoms with Gasteiger partial charge in [-0.25, -0.2) is 4.57 Å². The molecule has 0 unspecified atom stereocenters. The molecule has 2 aromatic carbocycles. The van der Waals surface area contributed by atoms with Gasteiger partial charge < -0.3 is 14.8 Å². The van der Waals surface area contributed by atoms with Crippen LogP contribution in [-0.2, 0) is 4.57 Å². The number of rotatable bonds is 5. The maximum atomic E-state index is 12.4. The number of hydrogen-bond acceptors (Lipinski definition) is 4. The van der Waals surface area contributed by atoms with Gasteiger partial charge in [0.25, 0.3) is 0 Å². The minimum absolute atomic E-state index is 0. The van der Waals surface area contributed by atoms with E-state index in [1.54, 1.807) is 48.5 Å². The van der Waals surface area contributed by atoms with Crippen molar-refractivity contribution in [2.45, 2.75) is 0 Å². The van der Waals surface area contributed by atoms with Crippen LogP contribution in [0.5, 0.6) is 11.5 Å². The molecule has 0 aliphatic rings. The molecule has 2 N–H and O–H groups in total. The van der Waals surface area contributed by atoms with Crippen LogP contribution in [0.3, 0.4) is 0 Å². The largest absolute Gasteiger partial charge is 0.444 e. The molecule has 2 rings (SSSR count). The first-order chi connectivity index (χ1) is 8.72. The standard InChI is InChI=1S/C13H14NO3P.BrH/c14-11-18(15,16-12-7-3-1-4-8-12)17-13-9-5-2-6-10-13;/h1-10H,11,14H2;1H. The van der Waals surface area contributed by atoms with Crippen molar-refractivity contribution in [2.75, 3.05) is 6.29 Å². The molecule has 19 heavy (non-hydrogen) atoms. The molecule has 0 aliphatic carbocycles. The summed E-state index contributed by atoms with van der Waals surface area (Å²) in [5, 5.41) is 0. The molecule has 0 aliphatic heterocycles. The summed E-state index contributed by atoms with van der Waals surface area (Å²) in [6.45, 7) is 0. The highest BCUT2D eigenvalue weighted by Gasteiger charge is 2.25. The highest BCUT2D eigenvalue weighted by Crippen LogP contribution is 2.46. The van der Waals surface area contributed by atoms with Crippen LogP contribution in [0.25, 0.3) is 0 Å². The molecule has 0 bridgehead atoms. The fraction of sp³-hybridized carbons (Fsp3) is 0.0769. The Hall–Kier alpha value is -1.29. The zero-order valence-corrected chi connectivity index (χ0v) is 12.7. The lowest BCUT2D eigenvalue weighted by molar-refractivity contribution is 0.386. The Kier molecular flexibility index (Phi) is 6.09. The highest BCUT2D eigenvalue weighted by atomic mass is 79.9. The third-order valence-corrected chi connectivity index (χ3v) is 3.62. The lowest BCUT2D eigenvalue weighted by Crippen LogP contribution is -2.11. The number of benzene rings is 2. The summed E-state index contributed by atoms with van der Waals surface area (Å²) in [6, 6.07) is 17.7. The highest BCUT2D eigenvalue weighted by molar-refractivity contribution is 8.93. The second kappa shape index (κ2) is 7.34. The lowest BCUT2D eigenvalue weighted by Gasteiger charge is -2.18. The van der Waals surface area contributed by atoms with E-state index in [1.165, 1.54) is 0 Å². The van der Waals surface area contributed by atoms with Gasteiger partial charge in [-0.15, -0.1) is 17.0 Å². The Morgan fingerprint density at radius 3 is 1.53 bits per heavy atom. The topological polar surface area (TPSA) is 61.6 Å². The van der Waals surface area contributed by atoms with Crippen LogP contribution in [0.1, 0.15) is 0 Å². The van der Waals surface area contributed by atoms with Crippen molar-refractivity contribution in [2.24, 2.45) is 5.73 Å². The smallest absolute Gasteiger partial charge is 0.415 e. The number of hydrogen-bond donors (Lipinski definition) is 1. The summed E-state index contributed by atoms with van der Waals surface area (Å²) >= 11 is 0. The number of nitrogens with two attached hydrogens (primary N) is 1. The minimum Gasteiger partial charge on any atom is -0.415 e. The molecule has 0 radical (unpaired) electrons. The zero-order chi connectivity index (χ0) is 12.8. The summed E-state index contributed by atoms with van der Waals surface area (Å²) in [4.78, 5) is 0. The summed E-state index contributed by atoms with van der Waals surface area (Å²) in [5.41, 5.74) is 5.49. The lowest BCUT2D eigenvalue weighted by atomic mass is 10.3. The summed E-state index contributed by atoms with van der Waals surface area (Å²) in [6.07, 6.45) is -0.184. The van der Waals surface area contributed by atoms with Crippen molar-refractivity contribution < 1.29 is 13.6 Å². The van der Waals surface area contributed by atoms with E-state index in [1.807, 2.05) is 12.1 Å². The van der Waals surface area contributed by atoms with Gasteiger partial charge in [-0.05, 0) is 24.3 Å². The second-order valence-electron chi connectivity index (χ2n) is 3.60. The van der Waals surface area contributed by atoms with Crippen molar-refractivity contribution in [1.82, 2.24) is 0 Å². The molecule has 2 aromatic rings. The first-order valence-corrected chi connectivity index (χ1v) is 7.23. The Bertz CT molecular complexity index is 491. The van der Waals surface area contributed by atoms with Crippen LogP contribution in [0.15, 0.2) is 60.7 Å². The molecule has 0 atom stereocenters. The van der Waals surface area contributed by atoms with Crippen molar-refractivity contribution in [3.05, 3.63) is 60.7 Å². The normalized spacial score (nSPS) is 10.4. The molecular formula is C13H15BrNO3P. The molecule has 0 fully saturated rings.